The van der Waals surface area contributed by atoms with E-state index in [1.807, 2.05) is 31.2 Å². The van der Waals surface area contributed by atoms with Gasteiger partial charge in [0.15, 0.2) is 5.82 Å². The molecule has 2 nitrogen and oxygen atoms in total. The third-order valence-electron chi connectivity index (χ3n) is 2.95. The van der Waals surface area contributed by atoms with Crippen molar-refractivity contribution >= 4 is 23.2 Å². The minimum Gasteiger partial charge on any atom is -0.324 e. The Balaban J connectivity index is 1.94. The molecule has 0 aliphatic rings. The molecule has 0 atom stereocenters. The minimum atomic E-state index is -0.599. The fraction of sp³-hybridized carbons (Fsp3) is 0.188. The van der Waals surface area contributed by atoms with E-state index < -0.39 is 5.82 Å². The van der Waals surface area contributed by atoms with E-state index in [9.17, 15) is 9.18 Å². The predicted molar refractivity (Wildman–Crippen MR) is 79.5 cm³/mol. The Kier molecular flexibility index (Phi) is 4.74. The summed E-state index contributed by atoms with van der Waals surface area (Å²) in [5.74, 6) is -0.828. The number of nitrogens with one attached hydrogen (secondary N) is 1. The number of aryl methyl sites for hydroxylation is 2. The summed E-state index contributed by atoms with van der Waals surface area (Å²) < 4.78 is 13.6. The van der Waals surface area contributed by atoms with Gasteiger partial charge in [-0.25, -0.2) is 4.39 Å². The molecule has 0 saturated carbocycles. The van der Waals surface area contributed by atoms with Crippen molar-refractivity contribution in [2.24, 2.45) is 0 Å². The number of hydrogen-bond acceptors (Lipinski definition) is 1. The Morgan fingerprint density at radius 3 is 2.75 bits per heavy atom. The molecule has 20 heavy (non-hydrogen) atoms. The standard InChI is InChI=1S/C16H15ClFNO/c1-11-4-2-5-12(10-11)8-9-15(20)19-14-7-3-6-13(17)16(14)18/h2-7,10H,8-9H2,1H3,(H,19,20). The van der Waals surface area contributed by atoms with Gasteiger partial charge in [0.05, 0.1) is 10.7 Å². The Morgan fingerprint density at radius 1 is 1.25 bits per heavy atom. The van der Waals surface area contributed by atoms with Crippen LogP contribution < -0.4 is 5.32 Å². The maximum absolute atomic E-state index is 13.6. The van der Waals surface area contributed by atoms with E-state index >= 15 is 0 Å². The minimum absolute atomic E-state index is 0.00137. The van der Waals surface area contributed by atoms with Crippen LogP contribution in [-0.2, 0) is 11.2 Å². The van der Waals surface area contributed by atoms with E-state index in [0.717, 1.165) is 11.1 Å². The number of amides is 1. The van der Waals surface area contributed by atoms with Crippen LogP contribution >= 0.6 is 11.6 Å². The highest BCUT2D eigenvalue weighted by Gasteiger charge is 2.09. The van der Waals surface area contributed by atoms with Crippen LogP contribution in [-0.4, -0.2) is 5.91 Å². The fourth-order valence-electron chi connectivity index (χ4n) is 1.94. The molecule has 0 aliphatic carbocycles. The van der Waals surface area contributed by atoms with Gasteiger partial charge >= 0.3 is 0 Å². The number of rotatable bonds is 4. The van der Waals surface area contributed by atoms with Crippen LogP contribution in [0.4, 0.5) is 10.1 Å². The summed E-state index contributed by atoms with van der Waals surface area (Å²) in [4.78, 5) is 11.8. The van der Waals surface area contributed by atoms with Crippen LogP contribution in [0.5, 0.6) is 0 Å². The summed E-state index contributed by atoms with van der Waals surface area (Å²) in [5.41, 5.74) is 2.36. The first-order chi connectivity index (χ1) is 9.56. The molecule has 0 unspecified atom stereocenters. The second kappa shape index (κ2) is 6.53. The van der Waals surface area contributed by atoms with E-state index in [1.54, 1.807) is 6.07 Å². The highest BCUT2D eigenvalue weighted by atomic mass is 35.5. The number of anilines is 1. The topological polar surface area (TPSA) is 29.1 Å². The smallest absolute Gasteiger partial charge is 0.224 e. The van der Waals surface area contributed by atoms with E-state index in [4.69, 9.17) is 11.6 Å². The van der Waals surface area contributed by atoms with E-state index in [-0.39, 0.29) is 16.6 Å². The maximum atomic E-state index is 13.6. The highest BCUT2D eigenvalue weighted by molar-refractivity contribution is 6.31. The normalized spacial score (nSPS) is 10.3. The molecule has 2 aromatic rings. The highest BCUT2D eigenvalue weighted by Crippen LogP contribution is 2.22. The first-order valence-electron chi connectivity index (χ1n) is 6.35. The molecular weight excluding hydrogens is 277 g/mol. The first-order valence-corrected chi connectivity index (χ1v) is 6.73. The third-order valence-corrected chi connectivity index (χ3v) is 3.24. The first kappa shape index (κ1) is 14.5. The Bertz CT molecular complexity index is 628. The summed E-state index contributed by atoms with van der Waals surface area (Å²) in [7, 11) is 0. The van der Waals surface area contributed by atoms with Crippen LogP contribution in [0.25, 0.3) is 0 Å². The third kappa shape index (κ3) is 3.81. The van der Waals surface area contributed by atoms with Gasteiger partial charge in [-0.3, -0.25) is 4.79 Å². The van der Waals surface area contributed by atoms with Crippen molar-refractivity contribution < 1.29 is 9.18 Å². The summed E-state index contributed by atoms with van der Waals surface area (Å²) >= 11 is 5.66. The molecule has 0 radical (unpaired) electrons. The fourth-order valence-corrected chi connectivity index (χ4v) is 2.11. The SMILES string of the molecule is Cc1cccc(CCC(=O)Nc2cccc(Cl)c2F)c1. The second-order valence-electron chi connectivity index (χ2n) is 4.64. The molecule has 1 N–H and O–H groups in total. The lowest BCUT2D eigenvalue weighted by Crippen LogP contribution is -2.13. The molecule has 0 aliphatic heterocycles. The van der Waals surface area contributed by atoms with Gasteiger partial charge in [-0.1, -0.05) is 47.5 Å². The zero-order valence-corrected chi connectivity index (χ0v) is 11.9. The quantitative estimate of drug-likeness (QED) is 0.891. The molecular formula is C16H15ClFNO. The van der Waals surface area contributed by atoms with Crippen molar-refractivity contribution in [3.8, 4) is 0 Å². The van der Waals surface area contributed by atoms with Gasteiger partial charge in [-0.15, -0.1) is 0 Å². The van der Waals surface area contributed by atoms with Crippen molar-refractivity contribution in [2.45, 2.75) is 19.8 Å². The Labute approximate surface area is 122 Å². The molecule has 0 spiro atoms. The lowest BCUT2D eigenvalue weighted by Gasteiger charge is -2.07. The van der Waals surface area contributed by atoms with E-state index in [2.05, 4.69) is 5.32 Å². The average molecular weight is 292 g/mol. The average Bonchev–Trinajstić information content (AvgIpc) is 2.42. The van der Waals surface area contributed by atoms with Crippen LogP contribution in [0, 0.1) is 12.7 Å². The van der Waals surface area contributed by atoms with Gasteiger partial charge in [0.2, 0.25) is 5.91 Å². The zero-order valence-electron chi connectivity index (χ0n) is 11.1. The van der Waals surface area contributed by atoms with Gasteiger partial charge in [0, 0.05) is 6.42 Å². The van der Waals surface area contributed by atoms with Gasteiger partial charge < -0.3 is 5.32 Å². The van der Waals surface area contributed by atoms with E-state index in [1.165, 1.54) is 12.1 Å². The number of carbonyl (C=O) groups excluding carboxylic acids is 1. The zero-order chi connectivity index (χ0) is 14.5. The van der Waals surface area contributed by atoms with Crippen molar-refractivity contribution in [3.63, 3.8) is 0 Å². The molecule has 2 rings (SSSR count). The van der Waals surface area contributed by atoms with Crippen LogP contribution in [0.3, 0.4) is 0 Å². The van der Waals surface area contributed by atoms with Crippen molar-refractivity contribution in [2.75, 3.05) is 5.32 Å². The molecule has 1 amide bonds. The summed E-state index contributed by atoms with van der Waals surface area (Å²) in [6.45, 7) is 2.00. The summed E-state index contributed by atoms with van der Waals surface area (Å²) in [6.07, 6.45) is 0.922. The molecule has 2 aromatic carbocycles. The molecule has 0 aromatic heterocycles. The second-order valence-corrected chi connectivity index (χ2v) is 5.05. The number of hydrogen-bond donors (Lipinski definition) is 1. The van der Waals surface area contributed by atoms with Crippen molar-refractivity contribution in [1.29, 1.82) is 0 Å². The molecule has 0 saturated heterocycles. The summed E-state index contributed by atoms with van der Waals surface area (Å²) in [6, 6.07) is 12.5. The Hall–Kier alpha value is -1.87. The summed E-state index contributed by atoms with van der Waals surface area (Å²) in [5, 5.41) is 2.54. The predicted octanol–water partition coefficient (Wildman–Crippen LogP) is 4.36. The molecule has 4 heteroatoms. The lowest BCUT2D eigenvalue weighted by molar-refractivity contribution is -0.116. The largest absolute Gasteiger partial charge is 0.324 e. The number of carbonyl (C=O) groups is 1. The van der Waals surface area contributed by atoms with E-state index in [0.29, 0.717) is 12.8 Å². The monoisotopic (exact) mass is 291 g/mol. The van der Waals surface area contributed by atoms with Gasteiger partial charge in [-0.05, 0) is 31.0 Å². The van der Waals surface area contributed by atoms with Gasteiger partial charge in [0.25, 0.3) is 0 Å². The number of benzene rings is 2. The van der Waals surface area contributed by atoms with Crippen LogP contribution in [0.1, 0.15) is 17.5 Å². The Morgan fingerprint density at radius 2 is 2.00 bits per heavy atom. The van der Waals surface area contributed by atoms with Crippen LogP contribution in [0.15, 0.2) is 42.5 Å². The number of halogens is 2. The molecule has 0 fully saturated rings. The van der Waals surface area contributed by atoms with Gasteiger partial charge in [-0.2, -0.15) is 0 Å². The molecule has 0 heterocycles. The van der Waals surface area contributed by atoms with Crippen molar-refractivity contribution in [1.82, 2.24) is 0 Å². The molecule has 0 bridgehead atoms. The molecule has 104 valence electrons. The van der Waals surface area contributed by atoms with Gasteiger partial charge in [0.1, 0.15) is 0 Å². The van der Waals surface area contributed by atoms with Crippen molar-refractivity contribution in [3.05, 3.63) is 64.4 Å². The van der Waals surface area contributed by atoms with Crippen LogP contribution in [0.2, 0.25) is 5.02 Å². The lowest BCUT2D eigenvalue weighted by atomic mass is 10.1. The maximum Gasteiger partial charge on any atom is 0.224 e.